The molecule has 0 radical (unpaired) electrons. The summed E-state index contributed by atoms with van der Waals surface area (Å²) in [7, 11) is 0. The Morgan fingerprint density at radius 2 is 2.07 bits per heavy atom. The molecule has 4 heteroatoms. The number of aliphatic hydroxyl groups excluding tert-OH is 1. The van der Waals surface area contributed by atoms with Gasteiger partial charge in [-0.2, -0.15) is 0 Å². The molecule has 1 rings (SSSR count). The average molecular weight is 264 g/mol. The molecule has 3 nitrogen and oxygen atoms in total. The molecule has 0 heterocycles. The van der Waals surface area contributed by atoms with Gasteiger partial charge in [-0.25, -0.2) is 0 Å². The zero-order chi connectivity index (χ0) is 10.6. The molecule has 0 aromatic rings. The summed E-state index contributed by atoms with van der Waals surface area (Å²) in [5.41, 5.74) is 0. The molecule has 0 spiro atoms. The summed E-state index contributed by atoms with van der Waals surface area (Å²) in [4.78, 5) is 11.4. The number of nitrogens with one attached hydrogen (secondary N) is 1. The molecule has 1 saturated carbocycles. The summed E-state index contributed by atoms with van der Waals surface area (Å²) in [6.45, 7) is 1.98. The number of alkyl halides is 1. The third-order valence-corrected chi connectivity index (χ3v) is 3.75. The SMILES string of the molecule is CCC(Br)C(=O)NC1CCC(O)CC1. The molecular weight excluding hydrogens is 246 g/mol. The van der Waals surface area contributed by atoms with E-state index in [1.807, 2.05) is 6.92 Å². The highest BCUT2D eigenvalue weighted by atomic mass is 79.9. The Labute approximate surface area is 93.4 Å². The highest BCUT2D eigenvalue weighted by Gasteiger charge is 2.22. The fourth-order valence-electron chi connectivity index (χ4n) is 1.70. The number of halogens is 1. The maximum absolute atomic E-state index is 11.5. The second-order valence-corrected chi connectivity index (χ2v) is 5.00. The predicted molar refractivity (Wildman–Crippen MR) is 59.4 cm³/mol. The predicted octanol–water partition coefficient (Wildman–Crippen LogP) is 1.58. The third kappa shape index (κ3) is 3.58. The van der Waals surface area contributed by atoms with E-state index in [0.717, 1.165) is 32.1 Å². The number of carbonyl (C=O) groups is 1. The second kappa shape index (κ2) is 5.71. The fourth-order valence-corrected chi connectivity index (χ4v) is 1.83. The number of rotatable bonds is 3. The first kappa shape index (κ1) is 12.0. The molecule has 1 aliphatic carbocycles. The summed E-state index contributed by atoms with van der Waals surface area (Å²) in [5, 5.41) is 12.3. The summed E-state index contributed by atoms with van der Waals surface area (Å²) in [6.07, 6.45) is 4.07. The van der Waals surface area contributed by atoms with Crippen molar-refractivity contribution in [2.75, 3.05) is 0 Å². The van der Waals surface area contributed by atoms with Crippen LogP contribution in [0, 0.1) is 0 Å². The summed E-state index contributed by atoms with van der Waals surface area (Å²) in [5.74, 6) is 0.0777. The van der Waals surface area contributed by atoms with E-state index in [2.05, 4.69) is 21.2 Å². The van der Waals surface area contributed by atoms with E-state index in [1.165, 1.54) is 0 Å². The molecular formula is C10H18BrNO2. The van der Waals surface area contributed by atoms with Crippen LogP contribution >= 0.6 is 15.9 Å². The minimum Gasteiger partial charge on any atom is -0.393 e. The van der Waals surface area contributed by atoms with Gasteiger partial charge in [0.1, 0.15) is 0 Å². The van der Waals surface area contributed by atoms with Gasteiger partial charge in [0.05, 0.1) is 10.9 Å². The van der Waals surface area contributed by atoms with Crippen LogP contribution in [0.1, 0.15) is 39.0 Å². The quantitative estimate of drug-likeness (QED) is 0.760. The van der Waals surface area contributed by atoms with Gasteiger partial charge in [-0.05, 0) is 32.1 Å². The maximum atomic E-state index is 11.5. The molecule has 1 aliphatic rings. The largest absolute Gasteiger partial charge is 0.393 e. The van der Waals surface area contributed by atoms with Crippen LogP contribution in [0.15, 0.2) is 0 Å². The summed E-state index contributed by atoms with van der Waals surface area (Å²) >= 11 is 3.32. The molecule has 2 N–H and O–H groups in total. The molecule has 1 amide bonds. The van der Waals surface area contributed by atoms with Crippen molar-refractivity contribution in [3.8, 4) is 0 Å². The monoisotopic (exact) mass is 263 g/mol. The molecule has 0 bridgehead atoms. The molecule has 1 atom stereocenters. The average Bonchev–Trinajstić information content (AvgIpc) is 2.20. The van der Waals surface area contributed by atoms with Crippen LogP contribution < -0.4 is 5.32 Å². The first-order valence-corrected chi connectivity index (χ1v) is 6.17. The van der Waals surface area contributed by atoms with Gasteiger partial charge in [-0.1, -0.05) is 22.9 Å². The normalized spacial score (nSPS) is 29.6. The van der Waals surface area contributed by atoms with Crippen LogP contribution in [0.2, 0.25) is 0 Å². The van der Waals surface area contributed by atoms with E-state index in [4.69, 9.17) is 0 Å². The van der Waals surface area contributed by atoms with Crippen molar-refractivity contribution in [3.05, 3.63) is 0 Å². The van der Waals surface area contributed by atoms with Crippen LogP contribution in [-0.4, -0.2) is 28.0 Å². The van der Waals surface area contributed by atoms with Crippen LogP contribution in [0.25, 0.3) is 0 Å². The summed E-state index contributed by atoms with van der Waals surface area (Å²) in [6, 6.07) is 0.262. The maximum Gasteiger partial charge on any atom is 0.233 e. The molecule has 1 unspecified atom stereocenters. The molecule has 1 fully saturated rings. The van der Waals surface area contributed by atoms with Crippen molar-refractivity contribution in [3.63, 3.8) is 0 Å². The van der Waals surface area contributed by atoms with E-state index < -0.39 is 0 Å². The first-order chi connectivity index (χ1) is 6.63. The second-order valence-electron chi connectivity index (χ2n) is 3.89. The van der Waals surface area contributed by atoms with Gasteiger partial charge < -0.3 is 10.4 Å². The zero-order valence-electron chi connectivity index (χ0n) is 8.50. The van der Waals surface area contributed by atoms with Crippen LogP contribution in [-0.2, 0) is 4.79 Å². The molecule has 0 aromatic heterocycles. The number of hydrogen-bond acceptors (Lipinski definition) is 2. The lowest BCUT2D eigenvalue weighted by Gasteiger charge is -2.26. The molecule has 14 heavy (non-hydrogen) atoms. The van der Waals surface area contributed by atoms with Crippen molar-refractivity contribution in [2.24, 2.45) is 0 Å². The zero-order valence-corrected chi connectivity index (χ0v) is 10.1. The number of aliphatic hydroxyl groups is 1. The third-order valence-electron chi connectivity index (χ3n) is 2.69. The highest BCUT2D eigenvalue weighted by molar-refractivity contribution is 9.10. The standard InChI is InChI=1S/C10H18BrNO2/c1-2-9(11)10(14)12-7-3-5-8(13)6-4-7/h7-9,13H,2-6H2,1H3,(H,12,14). The molecule has 0 aromatic carbocycles. The van der Waals surface area contributed by atoms with Crippen LogP contribution in [0.3, 0.4) is 0 Å². The fraction of sp³-hybridized carbons (Fsp3) is 0.900. The Bertz CT molecular complexity index is 191. The first-order valence-electron chi connectivity index (χ1n) is 5.26. The summed E-state index contributed by atoms with van der Waals surface area (Å²) < 4.78 is 0. The number of amides is 1. The van der Waals surface area contributed by atoms with E-state index in [0.29, 0.717) is 0 Å². The van der Waals surface area contributed by atoms with Gasteiger partial charge in [-0.3, -0.25) is 4.79 Å². The Morgan fingerprint density at radius 3 is 2.57 bits per heavy atom. The number of carbonyl (C=O) groups excluding carboxylic acids is 1. The van der Waals surface area contributed by atoms with Crippen molar-refractivity contribution in [1.29, 1.82) is 0 Å². The highest BCUT2D eigenvalue weighted by Crippen LogP contribution is 2.18. The van der Waals surface area contributed by atoms with Gasteiger partial charge in [0, 0.05) is 6.04 Å². The van der Waals surface area contributed by atoms with Gasteiger partial charge in [0.15, 0.2) is 0 Å². The van der Waals surface area contributed by atoms with E-state index >= 15 is 0 Å². The molecule has 82 valence electrons. The molecule has 0 saturated heterocycles. The Kier molecular flexibility index (Phi) is 4.89. The van der Waals surface area contributed by atoms with Crippen LogP contribution in [0.4, 0.5) is 0 Å². The Balaban J connectivity index is 2.27. The van der Waals surface area contributed by atoms with Crippen molar-refractivity contribution < 1.29 is 9.90 Å². The van der Waals surface area contributed by atoms with Crippen molar-refractivity contribution >= 4 is 21.8 Å². The van der Waals surface area contributed by atoms with Crippen molar-refractivity contribution in [2.45, 2.75) is 56.0 Å². The van der Waals surface area contributed by atoms with E-state index in [9.17, 15) is 9.90 Å². The lowest BCUT2D eigenvalue weighted by molar-refractivity contribution is -0.121. The molecule has 0 aliphatic heterocycles. The van der Waals surface area contributed by atoms with Gasteiger partial charge in [0.25, 0.3) is 0 Å². The minimum absolute atomic E-state index is 0.0747. The van der Waals surface area contributed by atoms with Gasteiger partial charge >= 0.3 is 0 Å². The van der Waals surface area contributed by atoms with Crippen molar-refractivity contribution in [1.82, 2.24) is 5.32 Å². The lowest BCUT2D eigenvalue weighted by Crippen LogP contribution is -2.41. The van der Waals surface area contributed by atoms with E-state index in [-0.39, 0.29) is 22.9 Å². The van der Waals surface area contributed by atoms with Gasteiger partial charge in [0.2, 0.25) is 5.91 Å². The Morgan fingerprint density at radius 1 is 1.50 bits per heavy atom. The Hall–Kier alpha value is -0.0900. The van der Waals surface area contributed by atoms with Gasteiger partial charge in [-0.15, -0.1) is 0 Å². The minimum atomic E-state index is -0.158. The lowest BCUT2D eigenvalue weighted by atomic mass is 9.93. The van der Waals surface area contributed by atoms with E-state index in [1.54, 1.807) is 0 Å². The smallest absolute Gasteiger partial charge is 0.233 e. The number of hydrogen-bond donors (Lipinski definition) is 2. The topological polar surface area (TPSA) is 49.3 Å². The van der Waals surface area contributed by atoms with Crippen LogP contribution in [0.5, 0.6) is 0 Å².